The van der Waals surface area contributed by atoms with Gasteiger partial charge in [0.05, 0.1) is 0 Å². The van der Waals surface area contributed by atoms with Gasteiger partial charge in [0.15, 0.2) is 0 Å². The van der Waals surface area contributed by atoms with Gasteiger partial charge in [0.1, 0.15) is 0 Å². The topological polar surface area (TPSA) is 44.0 Å². The van der Waals surface area contributed by atoms with Crippen LogP contribution in [0.15, 0.2) is 48.5 Å². The number of rotatable bonds is 7. The van der Waals surface area contributed by atoms with Crippen molar-refractivity contribution >= 4 is 17.5 Å². The Hall–Kier alpha value is -2.75. The van der Waals surface area contributed by atoms with Crippen molar-refractivity contribution in [2.45, 2.75) is 38.3 Å². The van der Waals surface area contributed by atoms with E-state index in [0.29, 0.717) is 24.6 Å². The van der Waals surface area contributed by atoms with Crippen LogP contribution in [-0.2, 0) is 11.3 Å². The van der Waals surface area contributed by atoms with Crippen molar-refractivity contribution in [2.24, 2.45) is 0 Å². The van der Waals surface area contributed by atoms with E-state index >= 15 is 0 Å². The van der Waals surface area contributed by atoms with E-state index in [4.69, 9.17) is 6.57 Å². The molecule has 1 aromatic heterocycles. The van der Waals surface area contributed by atoms with Crippen molar-refractivity contribution in [3.8, 4) is 0 Å². The summed E-state index contributed by atoms with van der Waals surface area (Å²) in [6, 6.07) is 16.0. The lowest BCUT2D eigenvalue weighted by Crippen LogP contribution is -2.55. The average molecular weight is 404 g/mol. The number of nitrogens with zero attached hydrogens (tertiary/aromatic N) is 5. The number of anilines is 1. The molecule has 2 heterocycles. The maximum Gasteiger partial charge on any atom is 0.271 e. The zero-order chi connectivity index (χ0) is 21.0. The van der Waals surface area contributed by atoms with Crippen LogP contribution in [0, 0.1) is 6.57 Å². The van der Waals surface area contributed by atoms with Crippen LogP contribution in [0.3, 0.4) is 0 Å². The molecule has 0 bridgehead atoms. The standard InChI is InChI=1S/C24H29N5O/c1-3-23(30)29(22-11-7-10-21(25-2)26-22)19-24(12-13-24)28-16-14-27(15-17-28)18-20-8-5-4-6-9-20/h4-11H,3,12-19H2,1H3. The third-order valence-corrected chi connectivity index (χ3v) is 6.29. The smallest absolute Gasteiger partial charge is 0.271 e. The van der Waals surface area contributed by atoms with Crippen LogP contribution < -0.4 is 4.90 Å². The molecular weight excluding hydrogens is 374 g/mol. The first-order valence-corrected chi connectivity index (χ1v) is 10.8. The van der Waals surface area contributed by atoms with E-state index in [-0.39, 0.29) is 11.4 Å². The van der Waals surface area contributed by atoms with Crippen LogP contribution in [0.25, 0.3) is 4.85 Å². The zero-order valence-corrected chi connectivity index (χ0v) is 17.6. The molecule has 0 atom stereocenters. The van der Waals surface area contributed by atoms with E-state index in [9.17, 15) is 4.79 Å². The van der Waals surface area contributed by atoms with Crippen LogP contribution in [0.1, 0.15) is 31.7 Å². The summed E-state index contributed by atoms with van der Waals surface area (Å²) >= 11 is 0. The molecule has 30 heavy (non-hydrogen) atoms. The minimum Gasteiger partial charge on any atom is -0.361 e. The molecule has 156 valence electrons. The van der Waals surface area contributed by atoms with Crippen LogP contribution in [-0.4, -0.2) is 59.0 Å². The zero-order valence-electron chi connectivity index (χ0n) is 17.6. The molecule has 0 radical (unpaired) electrons. The molecule has 2 aromatic rings. The molecule has 1 aromatic carbocycles. The second-order valence-electron chi connectivity index (χ2n) is 8.27. The lowest BCUT2D eigenvalue weighted by molar-refractivity contribution is -0.118. The predicted molar refractivity (Wildman–Crippen MR) is 118 cm³/mol. The van der Waals surface area contributed by atoms with E-state index < -0.39 is 0 Å². The third-order valence-electron chi connectivity index (χ3n) is 6.29. The molecule has 0 spiro atoms. The second-order valence-corrected chi connectivity index (χ2v) is 8.27. The molecule has 1 aliphatic heterocycles. The maximum absolute atomic E-state index is 12.7. The van der Waals surface area contributed by atoms with E-state index in [2.05, 4.69) is 50.0 Å². The van der Waals surface area contributed by atoms with Gasteiger partial charge >= 0.3 is 0 Å². The first-order valence-electron chi connectivity index (χ1n) is 10.8. The van der Waals surface area contributed by atoms with E-state index in [0.717, 1.165) is 45.6 Å². The van der Waals surface area contributed by atoms with Gasteiger partial charge < -0.3 is 4.85 Å². The average Bonchev–Trinajstić information content (AvgIpc) is 3.59. The molecule has 1 saturated carbocycles. The van der Waals surface area contributed by atoms with Gasteiger partial charge in [-0.25, -0.2) is 0 Å². The Morgan fingerprint density at radius 2 is 1.83 bits per heavy atom. The Balaban J connectivity index is 1.42. The van der Waals surface area contributed by atoms with Gasteiger partial charge in [0.2, 0.25) is 11.7 Å². The molecule has 2 fully saturated rings. The minimum atomic E-state index is 0.0550. The van der Waals surface area contributed by atoms with Gasteiger partial charge in [-0.3, -0.25) is 19.5 Å². The van der Waals surface area contributed by atoms with Crippen molar-refractivity contribution in [2.75, 3.05) is 37.6 Å². The Kier molecular flexibility index (Phi) is 6.12. The second kappa shape index (κ2) is 8.95. The van der Waals surface area contributed by atoms with E-state index in [1.807, 2.05) is 19.1 Å². The molecule has 1 aliphatic carbocycles. The van der Waals surface area contributed by atoms with Crippen molar-refractivity contribution in [1.29, 1.82) is 0 Å². The van der Waals surface area contributed by atoms with Crippen molar-refractivity contribution in [1.82, 2.24) is 14.8 Å². The summed E-state index contributed by atoms with van der Waals surface area (Å²) in [5.74, 6) is 1.00. The molecule has 4 rings (SSSR count). The molecule has 6 heteroatoms. The predicted octanol–water partition coefficient (Wildman–Crippen LogP) is 3.73. The van der Waals surface area contributed by atoms with Gasteiger partial charge in [-0.2, -0.15) is 0 Å². The summed E-state index contributed by atoms with van der Waals surface area (Å²) in [4.78, 5) is 27.5. The number of benzene rings is 1. The number of pyridine rings is 1. The number of piperazine rings is 1. The summed E-state index contributed by atoms with van der Waals surface area (Å²) in [6.07, 6.45) is 2.66. The quantitative estimate of drug-likeness (QED) is 0.661. The number of hydrogen-bond acceptors (Lipinski definition) is 4. The minimum absolute atomic E-state index is 0.0550. The summed E-state index contributed by atoms with van der Waals surface area (Å²) in [5.41, 5.74) is 1.41. The van der Waals surface area contributed by atoms with Gasteiger partial charge in [0, 0.05) is 57.3 Å². The molecule has 6 nitrogen and oxygen atoms in total. The van der Waals surface area contributed by atoms with Gasteiger partial charge in [-0.1, -0.05) is 49.9 Å². The van der Waals surface area contributed by atoms with Gasteiger partial charge in [0.25, 0.3) is 5.82 Å². The molecule has 0 N–H and O–H groups in total. The highest BCUT2D eigenvalue weighted by atomic mass is 16.2. The summed E-state index contributed by atoms with van der Waals surface area (Å²) < 4.78 is 0. The fraction of sp³-hybridized carbons (Fsp3) is 0.458. The fourth-order valence-corrected chi connectivity index (χ4v) is 4.35. The van der Waals surface area contributed by atoms with E-state index in [1.54, 1.807) is 11.0 Å². The monoisotopic (exact) mass is 403 g/mol. The maximum atomic E-state index is 12.7. The van der Waals surface area contributed by atoms with E-state index in [1.165, 1.54) is 5.56 Å². The number of amides is 1. The Labute approximate surface area is 178 Å². The lowest BCUT2D eigenvalue weighted by Gasteiger charge is -2.41. The van der Waals surface area contributed by atoms with Gasteiger partial charge in [-0.15, -0.1) is 4.98 Å². The highest BCUT2D eigenvalue weighted by Gasteiger charge is 2.50. The molecular formula is C24H29N5O. The first kappa shape index (κ1) is 20.5. The molecule has 1 saturated heterocycles. The Bertz CT molecular complexity index is 911. The van der Waals surface area contributed by atoms with Crippen molar-refractivity contribution < 1.29 is 4.79 Å². The van der Waals surface area contributed by atoms with Crippen LogP contribution >= 0.6 is 0 Å². The fourth-order valence-electron chi connectivity index (χ4n) is 4.35. The third kappa shape index (κ3) is 4.53. The Morgan fingerprint density at radius 3 is 2.47 bits per heavy atom. The highest BCUT2D eigenvalue weighted by molar-refractivity contribution is 5.92. The van der Waals surface area contributed by atoms with Gasteiger partial charge in [-0.05, 0) is 24.5 Å². The van der Waals surface area contributed by atoms with Crippen molar-refractivity contribution in [3.63, 3.8) is 0 Å². The number of carbonyl (C=O) groups is 1. The number of aromatic nitrogens is 1. The highest BCUT2D eigenvalue weighted by Crippen LogP contribution is 2.43. The van der Waals surface area contributed by atoms with Crippen LogP contribution in [0.2, 0.25) is 0 Å². The largest absolute Gasteiger partial charge is 0.361 e. The summed E-state index contributed by atoms with van der Waals surface area (Å²) in [6.45, 7) is 14.9. The lowest BCUT2D eigenvalue weighted by atomic mass is 10.1. The number of carbonyl (C=O) groups excluding carboxylic acids is 1. The molecule has 1 amide bonds. The van der Waals surface area contributed by atoms with Crippen LogP contribution in [0.4, 0.5) is 11.6 Å². The Morgan fingerprint density at radius 1 is 1.10 bits per heavy atom. The first-order chi connectivity index (χ1) is 14.6. The van der Waals surface area contributed by atoms with Crippen molar-refractivity contribution in [3.05, 3.63) is 65.5 Å². The molecule has 0 unspecified atom stereocenters. The normalized spacial score (nSPS) is 18.5. The SMILES string of the molecule is [C-]#[N+]c1cccc(N(CC2(N3CCN(Cc4ccccc4)CC3)CC2)C(=O)CC)n1. The summed E-state index contributed by atoms with van der Waals surface area (Å²) in [7, 11) is 0. The summed E-state index contributed by atoms with van der Waals surface area (Å²) in [5, 5.41) is 0. The van der Waals surface area contributed by atoms with Crippen LogP contribution in [0.5, 0.6) is 0 Å². The number of hydrogen-bond donors (Lipinski definition) is 0. The molecule has 2 aliphatic rings.